The van der Waals surface area contributed by atoms with Crippen LogP contribution in [0.5, 0.6) is 0 Å². The third-order valence-corrected chi connectivity index (χ3v) is 9.66. The Morgan fingerprint density at radius 3 is 2.71 bits per heavy atom. The lowest BCUT2D eigenvalue weighted by Crippen LogP contribution is -2.45. The van der Waals surface area contributed by atoms with Crippen molar-refractivity contribution in [3.63, 3.8) is 0 Å². The summed E-state index contributed by atoms with van der Waals surface area (Å²) < 4.78 is 29.8. The Labute approximate surface area is 227 Å². The number of carbonyl (C=O) groups is 2. The number of para-hydroxylation sites is 1. The Balaban J connectivity index is 1.44. The van der Waals surface area contributed by atoms with Crippen LogP contribution in [0.15, 0.2) is 41.8 Å². The van der Waals surface area contributed by atoms with E-state index in [0.717, 1.165) is 34.5 Å². The third-order valence-electron chi connectivity index (χ3n) is 7.09. The van der Waals surface area contributed by atoms with E-state index in [-0.39, 0.29) is 29.4 Å². The van der Waals surface area contributed by atoms with Gasteiger partial charge in [-0.15, -0.1) is 11.3 Å². The average molecular weight is 553 g/mol. The molecule has 9 heteroatoms. The summed E-state index contributed by atoms with van der Waals surface area (Å²) in [4.78, 5) is 34.5. The number of hydrogen-bond acceptors (Lipinski definition) is 7. The Morgan fingerprint density at radius 1 is 1.18 bits per heavy atom. The van der Waals surface area contributed by atoms with E-state index in [4.69, 9.17) is 9.72 Å². The number of carbonyl (C=O) groups excluding carboxylic acids is 2. The lowest BCUT2D eigenvalue weighted by atomic mass is 9.86. The zero-order valence-electron chi connectivity index (χ0n) is 21.7. The molecule has 3 heterocycles. The van der Waals surface area contributed by atoms with Gasteiger partial charge in [-0.1, -0.05) is 38.1 Å². The van der Waals surface area contributed by atoms with Gasteiger partial charge in [-0.05, 0) is 66.3 Å². The minimum absolute atomic E-state index is 0.0404. The highest BCUT2D eigenvalue weighted by molar-refractivity contribution is 7.91. The van der Waals surface area contributed by atoms with E-state index in [1.165, 1.54) is 0 Å². The predicted molar refractivity (Wildman–Crippen MR) is 151 cm³/mol. The third kappa shape index (κ3) is 5.68. The van der Waals surface area contributed by atoms with Gasteiger partial charge in [0.15, 0.2) is 16.4 Å². The van der Waals surface area contributed by atoms with Crippen LogP contribution in [-0.2, 0) is 25.8 Å². The van der Waals surface area contributed by atoms with Crippen LogP contribution in [0.2, 0.25) is 0 Å². The summed E-state index contributed by atoms with van der Waals surface area (Å²) in [7, 11) is -3.16. The SMILES string of the molecule is CC(C)CN(C(=O)COC(=O)c1c2c(nc3ccccc13)C(=Cc1cccs1)CCC2)C1CCS(=O)(=O)C1. The van der Waals surface area contributed by atoms with Crippen LogP contribution in [0.4, 0.5) is 0 Å². The van der Waals surface area contributed by atoms with Crippen molar-refractivity contribution in [2.75, 3.05) is 24.7 Å². The van der Waals surface area contributed by atoms with Crippen molar-refractivity contribution in [3.8, 4) is 0 Å². The van der Waals surface area contributed by atoms with E-state index in [2.05, 4.69) is 12.1 Å². The summed E-state index contributed by atoms with van der Waals surface area (Å²) in [5.74, 6) is -0.715. The highest BCUT2D eigenvalue weighted by Gasteiger charge is 2.35. The molecule has 3 aromatic rings. The first-order valence-corrected chi connectivity index (χ1v) is 15.7. The molecule has 1 saturated heterocycles. The van der Waals surface area contributed by atoms with Gasteiger partial charge in [0.05, 0.1) is 28.3 Å². The molecule has 1 atom stereocenters. The molecule has 7 nitrogen and oxygen atoms in total. The Bertz CT molecular complexity index is 1490. The number of aromatic nitrogens is 1. The molecule has 200 valence electrons. The van der Waals surface area contributed by atoms with Gasteiger partial charge in [0.25, 0.3) is 5.91 Å². The number of sulfone groups is 1. The highest BCUT2D eigenvalue weighted by atomic mass is 32.2. The fraction of sp³-hybridized carbons (Fsp3) is 0.414. The topological polar surface area (TPSA) is 93.6 Å². The highest BCUT2D eigenvalue weighted by Crippen LogP contribution is 2.37. The number of hydrogen-bond donors (Lipinski definition) is 0. The van der Waals surface area contributed by atoms with E-state index in [0.29, 0.717) is 35.9 Å². The van der Waals surface area contributed by atoms with E-state index in [1.807, 2.05) is 49.6 Å². The molecule has 0 N–H and O–H groups in total. The molecule has 1 unspecified atom stereocenters. The predicted octanol–water partition coefficient (Wildman–Crippen LogP) is 5.00. The quantitative estimate of drug-likeness (QED) is 0.383. The molecule has 5 rings (SSSR count). The zero-order chi connectivity index (χ0) is 26.9. The molecule has 2 aromatic heterocycles. The molecule has 2 aliphatic rings. The van der Waals surface area contributed by atoms with Gasteiger partial charge < -0.3 is 9.64 Å². The summed E-state index contributed by atoms with van der Waals surface area (Å²) >= 11 is 1.66. The van der Waals surface area contributed by atoms with E-state index < -0.39 is 22.4 Å². The van der Waals surface area contributed by atoms with Gasteiger partial charge in [-0.3, -0.25) is 4.79 Å². The number of nitrogens with zero attached hydrogens (tertiary/aromatic N) is 2. The molecule has 38 heavy (non-hydrogen) atoms. The van der Waals surface area contributed by atoms with Crippen molar-refractivity contribution in [2.45, 2.75) is 45.6 Å². The second-order valence-corrected chi connectivity index (χ2v) is 13.7. The number of esters is 1. The first-order chi connectivity index (χ1) is 18.2. The summed E-state index contributed by atoms with van der Waals surface area (Å²) in [5.41, 5.74) is 3.95. The second kappa shape index (κ2) is 11.0. The van der Waals surface area contributed by atoms with Crippen molar-refractivity contribution < 1.29 is 22.7 Å². The molecule has 0 bridgehead atoms. The van der Waals surface area contributed by atoms with Gasteiger partial charge in [-0.2, -0.15) is 0 Å². The van der Waals surface area contributed by atoms with Gasteiger partial charge in [-0.25, -0.2) is 18.2 Å². The van der Waals surface area contributed by atoms with Gasteiger partial charge >= 0.3 is 5.97 Å². The normalized spacial score (nSPS) is 19.6. The van der Waals surface area contributed by atoms with Crippen molar-refractivity contribution in [3.05, 3.63) is 63.5 Å². The molecule has 1 amide bonds. The number of pyridine rings is 1. The Kier molecular flexibility index (Phi) is 7.68. The zero-order valence-corrected chi connectivity index (χ0v) is 23.3. The van der Waals surface area contributed by atoms with E-state index in [1.54, 1.807) is 16.2 Å². The maximum absolute atomic E-state index is 13.6. The lowest BCUT2D eigenvalue weighted by Gasteiger charge is -2.30. The molecule has 1 aliphatic heterocycles. The van der Waals surface area contributed by atoms with Crippen LogP contribution in [-0.4, -0.2) is 60.9 Å². The lowest BCUT2D eigenvalue weighted by molar-refractivity contribution is -0.137. The minimum Gasteiger partial charge on any atom is -0.452 e. The smallest absolute Gasteiger partial charge is 0.339 e. The summed E-state index contributed by atoms with van der Waals surface area (Å²) in [6, 6.07) is 11.2. The van der Waals surface area contributed by atoms with Crippen molar-refractivity contribution in [1.29, 1.82) is 0 Å². The average Bonchev–Trinajstić information content (AvgIpc) is 3.53. The number of ether oxygens (including phenoxy) is 1. The molecule has 1 aliphatic carbocycles. The largest absolute Gasteiger partial charge is 0.452 e. The molecular weight excluding hydrogens is 520 g/mol. The molecule has 1 fully saturated rings. The van der Waals surface area contributed by atoms with E-state index in [9.17, 15) is 18.0 Å². The van der Waals surface area contributed by atoms with Gasteiger partial charge in [0, 0.05) is 22.8 Å². The minimum atomic E-state index is -3.16. The number of allylic oxidation sites excluding steroid dienone is 1. The van der Waals surface area contributed by atoms with Crippen LogP contribution >= 0.6 is 11.3 Å². The molecule has 0 radical (unpaired) electrons. The fourth-order valence-electron chi connectivity index (χ4n) is 5.40. The molecule has 1 aromatic carbocycles. The van der Waals surface area contributed by atoms with Crippen molar-refractivity contribution in [2.24, 2.45) is 5.92 Å². The molecule has 0 spiro atoms. The van der Waals surface area contributed by atoms with Crippen molar-refractivity contribution >= 4 is 55.6 Å². The maximum Gasteiger partial charge on any atom is 0.339 e. The Hall–Kier alpha value is -3.04. The fourth-order valence-corrected chi connectivity index (χ4v) is 7.82. The first kappa shape index (κ1) is 26.6. The monoisotopic (exact) mass is 552 g/mol. The first-order valence-electron chi connectivity index (χ1n) is 13.0. The molecule has 0 saturated carbocycles. The van der Waals surface area contributed by atoms with Crippen LogP contribution in [0, 0.1) is 5.92 Å². The number of fused-ring (bicyclic) bond motifs is 2. The van der Waals surface area contributed by atoms with E-state index >= 15 is 0 Å². The summed E-state index contributed by atoms with van der Waals surface area (Å²) in [6.45, 7) is 3.95. The number of rotatable bonds is 7. The Morgan fingerprint density at radius 2 is 2.00 bits per heavy atom. The van der Waals surface area contributed by atoms with Crippen molar-refractivity contribution in [1.82, 2.24) is 9.88 Å². The second-order valence-electron chi connectivity index (χ2n) is 10.4. The number of amides is 1. The summed E-state index contributed by atoms with van der Waals surface area (Å²) in [5, 5.41) is 2.75. The van der Waals surface area contributed by atoms with Crippen LogP contribution in [0.3, 0.4) is 0 Å². The maximum atomic E-state index is 13.6. The number of benzene rings is 1. The van der Waals surface area contributed by atoms with Crippen LogP contribution in [0.1, 0.15) is 59.6 Å². The number of thiophene rings is 1. The van der Waals surface area contributed by atoms with Gasteiger partial charge in [0.1, 0.15) is 0 Å². The van der Waals surface area contributed by atoms with Gasteiger partial charge in [0.2, 0.25) is 0 Å². The summed E-state index contributed by atoms with van der Waals surface area (Å²) in [6.07, 6.45) is 5.02. The van der Waals surface area contributed by atoms with Crippen LogP contribution < -0.4 is 0 Å². The molecular formula is C29H32N2O5S2. The standard InChI is InChI=1S/C29H32N2O5S2/c1-19(2)16-31(21-12-14-38(34,35)18-21)26(32)17-36-29(33)27-23-9-3-4-11-25(23)30-28-20(7-5-10-24(27)28)15-22-8-6-13-37-22/h3-4,6,8-9,11,13,15,19,21H,5,7,10,12,14,16-18H2,1-2H3. The van der Waals surface area contributed by atoms with Crippen LogP contribution in [0.25, 0.3) is 22.6 Å².